The molecule has 0 nitrogen and oxygen atoms in total. The molecule has 0 amide bonds. The van der Waals surface area contributed by atoms with Crippen molar-refractivity contribution in [2.24, 2.45) is 0 Å². The van der Waals surface area contributed by atoms with Crippen LogP contribution in [0.2, 0.25) is 0 Å². The van der Waals surface area contributed by atoms with Crippen molar-refractivity contribution in [2.75, 3.05) is 0 Å². The zero-order chi connectivity index (χ0) is 15.5. The summed E-state index contributed by atoms with van der Waals surface area (Å²) in [6.45, 7) is 4.28. The van der Waals surface area contributed by atoms with Gasteiger partial charge in [0, 0.05) is 9.76 Å². The van der Waals surface area contributed by atoms with Gasteiger partial charge in [-0.05, 0) is 24.2 Å². The van der Waals surface area contributed by atoms with Crippen molar-refractivity contribution in [1.29, 1.82) is 0 Å². The molecule has 21 heavy (non-hydrogen) atoms. The van der Waals surface area contributed by atoms with Crippen LogP contribution in [0.25, 0.3) is 0 Å². The second-order valence-electron chi connectivity index (χ2n) is 5.65. The summed E-state index contributed by atoms with van der Waals surface area (Å²) in [5, 5.41) is 2.65. The Balaban J connectivity index is 2.82. The monoisotopic (exact) mass is 366 g/mol. The largest absolute Gasteiger partial charge is 0.231 e. The van der Waals surface area contributed by atoms with Gasteiger partial charge in [0.1, 0.15) is 0 Å². The lowest BCUT2D eigenvalue weighted by atomic mass is 10.4. The highest BCUT2D eigenvalue weighted by Crippen LogP contribution is 2.26. The smallest absolute Gasteiger partial charge is 0.153 e. The molecular weight excluding hydrogens is 347 g/mol. The molecular formula is C16H20Cl2Si3. The van der Waals surface area contributed by atoms with Gasteiger partial charge in [0.25, 0.3) is 0 Å². The fourth-order valence-corrected chi connectivity index (χ4v) is 24.1. The van der Waals surface area contributed by atoms with Crippen LogP contribution in [-0.2, 0) is 0 Å². The lowest BCUT2D eigenvalue weighted by Crippen LogP contribution is -2.72. The Bertz CT molecular complexity index is 575. The molecule has 0 saturated heterocycles. The number of rotatable bonds is 4. The van der Waals surface area contributed by atoms with Gasteiger partial charge in [-0.25, -0.2) is 0 Å². The number of hydrogen-bond acceptors (Lipinski definition) is 0. The summed E-state index contributed by atoms with van der Waals surface area (Å²) < 4.78 is 0. The van der Waals surface area contributed by atoms with Crippen molar-refractivity contribution in [3.63, 3.8) is 0 Å². The van der Waals surface area contributed by atoms with E-state index < -0.39 is 13.3 Å². The van der Waals surface area contributed by atoms with E-state index in [0.717, 1.165) is 9.76 Å². The van der Waals surface area contributed by atoms with Crippen molar-refractivity contribution in [1.82, 2.24) is 0 Å². The molecule has 2 rings (SSSR count). The van der Waals surface area contributed by atoms with Gasteiger partial charge < -0.3 is 0 Å². The molecule has 0 aliphatic rings. The van der Waals surface area contributed by atoms with E-state index in [1.54, 1.807) is 0 Å². The van der Waals surface area contributed by atoms with Crippen LogP contribution in [0.1, 0.15) is 13.8 Å². The molecule has 110 valence electrons. The minimum absolute atomic E-state index is 0.847. The van der Waals surface area contributed by atoms with Crippen molar-refractivity contribution in [2.45, 2.75) is 13.8 Å². The molecule has 0 aromatic heterocycles. The second kappa shape index (κ2) is 6.67. The summed E-state index contributed by atoms with van der Waals surface area (Å²) >= 11 is 13.9. The van der Waals surface area contributed by atoms with Gasteiger partial charge in [0.15, 0.2) is 7.59 Å². The van der Waals surface area contributed by atoms with Crippen molar-refractivity contribution in [3.8, 4) is 0 Å². The van der Waals surface area contributed by atoms with Crippen LogP contribution in [0.4, 0.5) is 0 Å². The van der Waals surface area contributed by atoms with E-state index in [4.69, 9.17) is 22.2 Å². The predicted octanol–water partition coefficient (Wildman–Crippen LogP) is 2.62. The Labute approximate surface area is 141 Å². The van der Waals surface area contributed by atoms with Gasteiger partial charge in [-0.2, -0.15) is 22.2 Å². The Hall–Kier alpha value is -0.589. The molecule has 0 saturated carbocycles. The van der Waals surface area contributed by atoms with Gasteiger partial charge in [-0.1, -0.05) is 71.9 Å². The van der Waals surface area contributed by atoms with Crippen LogP contribution in [-0.4, -0.2) is 23.1 Å². The lowest BCUT2D eigenvalue weighted by Gasteiger charge is -2.37. The van der Waals surface area contributed by atoms with Crippen LogP contribution < -0.4 is 10.4 Å². The first-order chi connectivity index (χ1) is 9.88. The average molecular weight is 368 g/mol. The van der Waals surface area contributed by atoms with Crippen LogP contribution in [0.15, 0.2) is 71.9 Å². The van der Waals surface area contributed by atoms with Crippen molar-refractivity contribution in [3.05, 3.63) is 71.9 Å². The fraction of sp³-hybridized carbons (Fsp3) is 0.125. The highest BCUT2D eigenvalue weighted by Gasteiger charge is 2.51. The summed E-state index contributed by atoms with van der Waals surface area (Å²) in [5.41, 5.74) is 1.36. The number of benzene rings is 2. The lowest BCUT2D eigenvalue weighted by molar-refractivity contribution is 1.41. The zero-order valence-corrected chi connectivity index (χ0v) is 18.1. The number of halogens is 2. The van der Waals surface area contributed by atoms with Crippen LogP contribution >= 0.6 is 22.2 Å². The third-order valence-electron chi connectivity index (χ3n) is 3.66. The minimum Gasteiger partial charge on any atom is -0.153 e. The molecule has 0 unspecified atom stereocenters. The van der Waals surface area contributed by atoms with Gasteiger partial charge in [-0.15, -0.1) is 0 Å². The normalized spacial score (nSPS) is 12.2. The van der Waals surface area contributed by atoms with Gasteiger partial charge in [-0.3, -0.25) is 0 Å². The summed E-state index contributed by atoms with van der Waals surface area (Å²) in [6, 6.07) is 21.3. The quantitative estimate of drug-likeness (QED) is 0.576. The summed E-state index contributed by atoms with van der Waals surface area (Å²) in [7, 11) is -1.40. The fourth-order valence-electron chi connectivity index (χ4n) is 2.80. The van der Waals surface area contributed by atoms with Gasteiger partial charge in [0.2, 0.25) is 5.73 Å². The highest BCUT2D eigenvalue weighted by atomic mass is 35.7. The Morgan fingerprint density at radius 2 is 1.24 bits per heavy atom. The third-order valence-corrected chi connectivity index (χ3v) is 27.3. The standard InChI is InChI=1S/C16H20Cl2Si3/c1-14(2)13-20(21(17,18)19,15-9-5-3-6-10-15)16-11-7-4-8-12-16/h3-13H,1-2,19H3. The maximum absolute atomic E-state index is 6.95. The third kappa shape index (κ3) is 3.43. The highest BCUT2D eigenvalue weighted by molar-refractivity contribution is 7.92. The number of hydrogen-bond donors (Lipinski definition) is 0. The molecule has 0 spiro atoms. The van der Waals surface area contributed by atoms with E-state index >= 15 is 0 Å². The van der Waals surface area contributed by atoms with Crippen molar-refractivity contribution >= 4 is 55.6 Å². The molecule has 0 atom stereocenters. The zero-order valence-electron chi connectivity index (χ0n) is 12.6. The maximum atomic E-state index is 6.95. The first kappa shape index (κ1) is 16.8. The predicted molar refractivity (Wildman–Crippen MR) is 105 cm³/mol. The van der Waals surface area contributed by atoms with E-state index in [1.165, 1.54) is 15.9 Å². The molecule has 2 aromatic rings. The molecule has 0 bridgehead atoms. The first-order valence-electron chi connectivity index (χ1n) is 7.03. The molecule has 5 heteroatoms. The second-order valence-corrected chi connectivity index (χ2v) is 34.2. The van der Waals surface area contributed by atoms with Crippen LogP contribution in [0.5, 0.6) is 0 Å². The maximum Gasteiger partial charge on any atom is 0.231 e. The van der Waals surface area contributed by atoms with Crippen LogP contribution in [0.3, 0.4) is 0 Å². The summed E-state index contributed by atoms with van der Waals surface area (Å²) in [5.74, 6) is 0. The molecule has 0 N–H and O–H groups in total. The van der Waals surface area contributed by atoms with Crippen molar-refractivity contribution < 1.29 is 0 Å². The Morgan fingerprint density at radius 3 is 1.52 bits per heavy atom. The molecule has 2 aromatic carbocycles. The van der Waals surface area contributed by atoms with E-state index in [9.17, 15) is 0 Å². The van der Waals surface area contributed by atoms with E-state index in [1.807, 2.05) is 0 Å². The average Bonchev–Trinajstić information content (AvgIpc) is 2.45. The number of allylic oxidation sites excluding steroid dienone is 1. The summed E-state index contributed by atoms with van der Waals surface area (Å²) in [6.07, 6.45) is 0. The summed E-state index contributed by atoms with van der Waals surface area (Å²) in [4.78, 5) is 0. The van der Waals surface area contributed by atoms with Gasteiger partial charge in [0.05, 0.1) is 0 Å². The molecule has 0 fully saturated rings. The topological polar surface area (TPSA) is 0 Å². The van der Waals surface area contributed by atoms with E-state index in [-0.39, 0.29) is 0 Å². The SMILES string of the molecule is CC(C)=C[Si](c1ccccc1)(c1ccccc1)[Si]([SiH3])(Cl)Cl. The molecule has 0 aliphatic heterocycles. The first-order valence-corrected chi connectivity index (χ1v) is 17.6. The minimum atomic E-state index is -2.34. The van der Waals surface area contributed by atoms with Crippen LogP contribution in [0, 0.1) is 0 Å². The van der Waals surface area contributed by atoms with Gasteiger partial charge >= 0.3 is 0 Å². The molecule has 0 heterocycles. The molecule has 0 radical (unpaired) electrons. The molecule has 0 aliphatic carbocycles. The Kier molecular flexibility index (Phi) is 5.33. The van der Waals surface area contributed by atoms with E-state index in [2.05, 4.69) is 80.2 Å². The Morgan fingerprint density at radius 1 is 0.857 bits per heavy atom. The van der Waals surface area contributed by atoms with E-state index in [0.29, 0.717) is 0 Å².